The first-order valence-corrected chi connectivity index (χ1v) is 4.26. The molecule has 0 unspecified atom stereocenters. The van der Waals surface area contributed by atoms with Gasteiger partial charge < -0.3 is 10.6 Å². The second kappa shape index (κ2) is 4.34. The van der Waals surface area contributed by atoms with E-state index in [0.717, 1.165) is 12.8 Å². The van der Waals surface area contributed by atoms with Crippen LogP contribution in [0.2, 0.25) is 0 Å². The van der Waals surface area contributed by atoms with Gasteiger partial charge in [0.2, 0.25) is 0 Å². The molecule has 3 nitrogen and oxygen atoms in total. The predicted octanol–water partition coefficient (Wildman–Crippen LogP) is 0.384. The summed E-state index contributed by atoms with van der Waals surface area (Å²) in [5.41, 5.74) is 0. The lowest BCUT2D eigenvalue weighted by atomic mass is 9.96. The zero-order valence-electron chi connectivity index (χ0n) is 6.81. The van der Waals surface area contributed by atoms with E-state index in [1.165, 1.54) is 24.6 Å². The molecule has 0 bridgehead atoms. The molecule has 1 rings (SSSR count). The standard InChI is InChI=1S/C8H16N2O/c1-9-8(11)10-7-5-3-2-4-6-7/h7H,1-6,9H2,(H,10,11). The van der Waals surface area contributed by atoms with E-state index in [2.05, 4.69) is 12.4 Å². The van der Waals surface area contributed by atoms with Gasteiger partial charge in [-0.2, -0.15) is 0 Å². The molecule has 0 heterocycles. The van der Waals surface area contributed by atoms with Crippen LogP contribution in [0.1, 0.15) is 32.1 Å². The number of primary amides is 1. The minimum Gasteiger partial charge on any atom is -0.395 e. The van der Waals surface area contributed by atoms with Gasteiger partial charge in [0.05, 0.1) is 0 Å². The van der Waals surface area contributed by atoms with Crippen LogP contribution in [0.5, 0.6) is 0 Å². The van der Waals surface area contributed by atoms with Gasteiger partial charge in [-0.25, -0.2) is 4.79 Å². The predicted molar refractivity (Wildman–Crippen MR) is 42.7 cm³/mol. The Morgan fingerprint density at radius 3 is 2.55 bits per heavy atom. The third kappa shape index (κ3) is 2.89. The summed E-state index contributed by atoms with van der Waals surface area (Å²) in [5.74, 6) is 0. The minimum absolute atomic E-state index is 0.0306. The molecule has 0 atom stereocenters. The molecule has 2 amide bonds. The Kier molecular flexibility index (Phi) is 3.36. The van der Waals surface area contributed by atoms with E-state index in [4.69, 9.17) is 0 Å². The molecule has 1 aliphatic rings. The van der Waals surface area contributed by atoms with E-state index in [1.807, 2.05) is 0 Å². The fourth-order valence-corrected chi connectivity index (χ4v) is 1.51. The van der Waals surface area contributed by atoms with Crippen molar-refractivity contribution < 1.29 is 10.1 Å². The Balaban J connectivity index is 2.19. The summed E-state index contributed by atoms with van der Waals surface area (Å²) in [6.45, 7) is 0. The highest BCUT2D eigenvalue weighted by molar-refractivity contribution is 5.63. The van der Waals surface area contributed by atoms with Crippen LogP contribution in [0.15, 0.2) is 0 Å². The van der Waals surface area contributed by atoms with Crippen LogP contribution in [0, 0.1) is 7.05 Å². The quantitative estimate of drug-likeness (QED) is 0.530. The Labute approximate surface area is 67.5 Å². The van der Waals surface area contributed by atoms with E-state index in [0.29, 0.717) is 6.04 Å². The van der Waals surface area contributed by atoms with E-state index in [9.17, 15) is 4.79 Å². The molecule has 1 aliphatic carbocycles. The highest BCUT2D eigenvalue weighted by Gasteiger charge is 2.15. The Hall–Kier alpha value is -0.570. The van der Waals surface area contributed by atoms with Gasteiger partial charge in [-0.3, -0.25) is 0 Å². The molecule has 0 saturated heterocycles. The molecule has 0 spiro atoms. The second-order valence-electron chi connectivity index (χ2n) is 3.05. The third-order valence-corrected chi connectivity index (χ3v) is 2.14. The van der Waals surface area contributed by atoms with Gasteiger partial charge in [0.15, 0.2) is 0 Å². The van der Waals surface area contributed by atoms with Crippen molar-refractivity contribution in [3.8, 4) is 0 Å². The SMILES string of the molecule is [CH2-][NH2+]C(=O)NC1CCCCC1. The van der Waals surface area contributed by atoms with Crippen LogP contribution in [0.25, 0.3) is 0 Å². The molecule has 64 valence electrons. The molecule has 3 heteroatoms. The summed E-state index contributed by atoms with van der Waals surface area (Å²) >= 11 is 0. The number of nitrogens with two attached hydrogens (primary N) is 1. The lowest BCUT2D eigenvalue weighted by molar-refractivity contribution is -0.490. The zero-order valence-corrected chi connectivity index (χ0v) is 6.81. The minimum atomic E-state index is -0.0306. The number of nitrogens with one attached hydrogen (secondary N) is 1. The van der Waals surface area contributed by atoms with Crippen molar-refractivity contribution in [1.82, 2.24) is 5.32 Å². The average molecular weight is 156 g/mol. The van der Waals surface area contributed by atoms with E-state index in [-0.39, 0.29) is 6.03 Å². The third-order valence-electron chi connectivity index (χ3n) is 2.14. The highest BCUT2D eigenvalue weighted by atomic mass is 16.2. The first-order chi connectivity index (χ1) is 5.33. The van der Waals surface area contributed by atoms with Gasteiger partial charge in [-0.15, -0.1) is 7.05 Å². The zero-order chi connectivity index (χ0) is 8.10. The maximum absolute atomic E-state index is 10.9. The fraction of sp³-hybridized carbons (Fsp3) is 0.750. The molecular formula is C8H16N2O. The summed E-state index contributed by atoms with van der Waals surface area (Å²) < 4.78 is 0. The second-order valence-corrected chi connectivity index (χ2v) is 3.05. The monoisotopic (exact) mass is 156 g/mol. The Morgan fingerprint density at radius 2 is 2.00 bits per heavy atom. The summed E-state index contributed by atoms with van der Waals surface area (Å²) in [5, 5.41) is 4.25. The normalized spacial score (nSPS) is 19.7. The maximum atomic E-state index is 10.9. The largest absolute Gasteiger partial charge is 0.395 e. The molecule has 0 aromatic heterocycles. The van der Waals surface area contributed by atoms with Crippen LogP contribution in [-0.4, -0.2) is 12.1 Å². The van der Waals surface area contributed by atoms with Crippen molar-refractivity contribution in [1.29, 1.82) is 0 Å². The van der Waals surface area contributed by atoms with Crippen molar-refractivity contribution in [2.45, 2.75) is 38.1 Å². The lowest BCUT2D eigenvalue weighted by Gasteiger charge is -2.21. The highest BCUT2D eigenvalue weighted by Crippen LogP contribution is 2.16. The molecule has 1 fully saturated rings. The first-order valence-electron chi connectivity index (χ1n) is 4.26. The molecule has 11 heavy (non-hydrogen) atoms. The summed E-state index contributed by atoms with van der Waals surface area (Å²) in [7, 11) is 3.41. The Morgan fingerprint density at radius 1 is 1.36 bits per heavy atom. The van der Waals surface area contributed by atoms with E-state index in [1.54, 1.807) is 0 Å². The number of amides is 2. The molecule has 0 radical (unpaired) electrons. The number of hydrogen-bond acceptors (Lipinski definition) is 1. The van der Waals surface area contributed by atoms with Gasteiger partial charge in [0.1, 0.15) is 0 Å². The van der Waals surface area contributed by atoms with Crippen molar-refractivity contribution in [3.63, 3.8) is 0 Å². The fourth-order valence-electron chi connectivity index (χ4n) is 1.51. The molecule has 0 aromatic carbocycles. The van der Waals surface area contributed by atoms with Crippen LogP contribution in [0.4, 0.5) is 4.79 Å². The van der Waals surface area contributed by atoms with Crippen molar-refractivity contribution in [3.05, 3.63) is 7.05 Å². The van der Waals surface area contributed by atoms with Crippen LogP contribution in [0.3, 0.4) is 0 Å². The number of hydrogen-bond donors (Lipinski definition) is 2. The average Bonchev–Trinajstić information content (AvgIpc) is 2.06. The van der Waals surface area contributed by atoms with Gasteiger partial charge in [-0.05, 0) is 12.8 Å². The summed E-state index contributed by atoms with van der Waals surface area (Å²) in [6.07, 6.45) is 6.10. The maximum Gasteiger partial charge on any atom is 0.387 e. The molecule has 0 aliphatic heterocycles. The first kappa shape index (κ1) is 8.53. The summed E-state index contributed by atoms with van der Waals surface area (Å²) in [4.78, 5) is 10.9. The van der Waals surface area contributed by atoms with Crippen LogP contribution >= 0.6 is 0 Å². The molecule has 0 aromatic rings. The van der Waals surface area contributed by atoms with Gasteiger partial charge >= 0.3 is 6.03 Å². The molecular weight excluding hydrogens is 140 g/mol. The Bertz CT molecular complexity index is 130. The van der Waals surface area contributed by atoms with Crippen molar-refractivity contribution >= 4 is 6.03 Å². The van der Waals surface area contributed by atoms with Gasteiger partial charge in [0, 0.05) is 6.04 Å². The number of quaternary nitrogens is 1. The van der Waals surface area contributed by atoms with E-state index >= 15 is 0 Å². The van der Waals surface area contributed by atoms with E-state index < -0.39 is 0 Å². The molecule has 1 saturated carbocycles. The van der Waals surface area contributed by atoms with Crippen LogP contribution < -0.4 is 10.6 Å². The number of carbonyl (C=O) groups is 1. The smallest absolute Gasteiger partial charge is 0.387 e. The van der Waals surface area contributed by atoms with Crippen LogP contribution in [-0.2, 0) is 0 Å². The van der Waals surface area contributed by atoms with Crippen molar-refractivity contribution in [2.75, 3.05) is 0 Å². The van der Waals surface area contributed by atoms with Crippen molar-refractivity contribution in [2.24, 2.45) is 0 Å². The number of carbonyl (C=O) groups excluding carboxylic acids is 1. The lowest BCUT2D eigenvalue weighted by Crippen LogP contribution is -2.85. The topological polar surface area (TPSA) is 45.7 Å². The summed E-state index contributed by atoms with van der Waals surface area (Å²) in [6, 6.07) is 0.381. The van der Waals surface area contributed by atoms with Gasteiger partial charge in [0.25, 0.3) is 0 Å². The molecule has 3 N–H and O–H groups in total. The number of urea groups is 1. The number of rotatable bonds is 1. The van der Waals surface area contributed by atoms with Gasteiger partial charge in [-0.1, -0.05) is 19.3 Å².